The zero-order chi connectivity index (χ0) is 25.2. The minimum atomic E-state index is -4.53. The predicted octanol–water partition coefficient (Wildman–Crippen LogP) is 3.58. The molecule has 5 N–H and O–H groups in total. The summed E-state index contributed by atoms with van der Waals surface area (Å²) in [7, 11) is 0. The van der Waals surface area contributed by atoms with Gasteiger partial charge in [0.05, 0.1) is 11.7 Å². The van der Waals surface area contributed by atoms with Crippen LogP contribution in [-0.2, 0) is 30.4 Å². The lowest BCUT2D eigenvalue weighted by atomic mass is 9.88. The number of primary amides is 1. The van der Waals surface area contributed by atoms with E-state index in [-0.39, 0.29) is 18.2 Å². The molecular weight excluding hydrogens is 461 g/mol. The second-order valence-electron chi connectivity index (χ2n) is 9.16. The van der Waals surface area contributed by atoms with Gasteiger partial charge in [-0.1, -0.05) is 18.2 Å². The van der Waals surface area contributed by atoms with Gasteiger partial charge >= 0.3 is 12.2 Å². The van der Waals surface area contributed by atoms with Crippen molar-refractivity contribution in [2.45, 2.75) is 50.9 Å². The van der Waals surface area contributed by atoms with E-state index in [2.05, 4.69) is 10.6 Å². The van der Waals surface area contributed by atoms with E-state index in [1.807, 2.05) is 12.1 Å². The van der Waals surface area contributed by atoms with Crippen molar-refractivity contribution in [1.82, 2.24) is 5.32 Å². The minimum Gasteiger partial charge on any atom is -0.393 e. The average molecular weight is 491 g/mol. The number of carbonyl (C=O) groups excluding carboxylic acids is 2. The predicted molar refractivity (Wildman–Crippen MR) is 126 cm³/mol. The summed E-state index contributed by atoms with van der Waals surface area (Å²) in [5.74, 6) is -0.766. The number of aliphatic hydroxyl groups excluding tert-OH is 1. The summed E-state index contributed by atoms with van der Waals surface area (Å²) >= 11 is 0. The van der Waals surface area contributed by atoms with Crippen LogP contribution in [0, 0.1) is 5.92 Å². The van der Waals surface area contributed by atoms with Crippen LogP contribution in [0.15, 0.2) is 36.4 Å². The Morgan fingerprint density at radius 1 is 1.11 bits per heavy atom. The van der Waals surface area contributed by atoms with Gasteiger partial charge in [-0.2, -0.15) is 13.2 Å². The summed E-state index contributed by atoms with van der Waals surface area (Å²) < 4.78 is 41.0. The molecule has 0 aromatic heterocycles. The van der Waals surface area contributed by atoms with Gasteiger partial charge < -0.3 is 26.4 Å². The van der Waals surface area contributed by atoms with Crippen LogP contribution >= 0.6 is 0 Å². The first-order valence-corrected chi connectivity index (χ1v) is 11.7. The molecule has 1 fully saturated rings. The number of aryl methyl sites for hydroxylation is 1. The van der Waals surface area contributed by atoms with Gasteiger partial charge in [-0.05, 0) is 60.6 Å². The number of piperidine rings is 1. The molecule has 7 nitrogen and oxygen atoms in total. The Morgan fingerprint density at radius 3 is 2.54 bits per heavy atom. The van der Waals surface area contributed by atoms with Crippen molar-refractivity contribution in [3.8, 4) is 0 Å². The fourth-order valence-corrected chi connectivity index (χ4v) is 4.83. The van der Waals surface area contributed by atoms with Crippen LogP contribution in [0.4, 0.5) is 29.3 Å². The van der Waals surface area contributed by atoms with Gasteiger partial charge in [-0.15, -0.1) is 0 Å². The summed E-state index contributed by atoms with van der Waals surface area (Å²) in [6.07, 6.45) is -2.32. The molecule has 0 radical (unpaired) electrons. The molecule has 188 valence electrons. The van der Waals surface area contributed by atoms with E-state index in [0.29, 0.717) is 50.0 Å². The van der Waals surface area contributed by atoms with Crippen LogP contribution < -0.4 is 21.3 Å². The number of rotatable bonds is 5. The molecule has 1 unspecified atom stereocenters. The van der Waals surface area contributed by atoms with Crippen molar-refractivity contribution in [2.24, 2.45) is 11.7 Å². The number of carbonyl (C=O) groups is 2. The number of halogens is 3. The number of urea groups is 1. The second-order valence-corrected chi connectivity index (χ2v) is 9.16. The molecule has 1 aliphatic heterocycles. The molecule has 1 heterocycles. The molecule has 0 spiro atoms. The van der Waals surface area contributed by atoms with Crippen LogP contribution in [0.25, 0.3) is 0 Å². The van der Waals surface area contributed by atoms with Crippen LogP contribution in [-0.4, -0.2) is 36.2 Å². The smallest absolute Gasteiger partial charge is 0.393 e. The maximum atomic E-state index is 13.7. The lowest BCUT2D eigenvalue weighted by Gasteiger charge is -2.34. The highest BCUT2D eigenvalue weighted by atomic mass is 19.4. The van der Waals surface area contributed by atoms with Gasteiger partial charge in [-0.25, -0.2) is 4.79 Å². The standard InChI is InChI=1S/C25H29F3N4O3/c26-25(27,28)20-7-4-15(12-22(20)32-10-8-17(9-11-32)23(29)34)14-30-24(35)31-21-3-1-2-16-5-6-18(33)13-19(16)21/h1-4,7,12,17-18,33H,5-6,8-11,13-14H2,(H2,29,34)(H2,30,31,35). The number of anilines is 2. The van der Waals surface area contributed by atoms with Gasteiger partial charge in [0, 0.05) is 43.3 Å². The fourth-order valence-electron chi connectivity index (χ4n) is 4.83. The highest BCUT2D eigenvalue weighted by Gasteiger charge is 2.36. The maximum Gasteiger partial charge on any atom is 0.418 e. The van der Waals surface area contributed by atoms with Gasteiger partial charge in [0.15, 0.2) is 0 Å². The van der Waals surface area contributed by atoms with E-state index in [1.165, 1.54) is 12.1 Å². The number of nitrogens with one attached hydrogen (secondary N) is 2. The van der Waals surface area contributed by atoms with Crippen molar-refractivity contribution in [3.63, 3.8) is 0 Å². The first-order chi connectivity index (χ1) is 16.6. The fraction of sp³-hybridized carbons (Fsp3) is 0.440. The second kappa shape index (κ2) is 10.2. The third kappa shape index (κ3) is 5.87. The Hall–Kier alpha value is -3.27. The number of hydrogen-bond donors (Lipinski definition) is 4. The van der Waals surface area contributed by atoms with Crippen molar-refractivity contribution < 1.29 is 27.9 Å². The summed E-state index contributed by atoms with van der Waals surface area (Å²) in [6.45, 7) is 0.615. The molecule has 4 rings (SSSR count). The molecule has 2 aromatic rings. The van der Waals surface area contributed by atoms with E-state index in [4.69, 9.17) is 5.73 Å². The van der Waals surface area contributed by atoms with Crippen molar-refractivity contribution in [3.05, 3.63) is 58.7 Å². The summed E-state index contributed by atoms with van der Waals surface area (Å²) in [5, 5.41) is 15.5. The number of hydrogen-bond acceptors (Lipinski definition) is 4. The Morgan fingerprint density at radius 2 is 1.86 bits per heavy atom. The topological polar surface area (TPSA) is 108 Å². The molecule has 10 heteroatoms. The normalized spacial score (nSPS) is 18.6. The molecule has 1 atom stereocenters. The number of benzene rings is 2. The lowest BCUT2D eigenvalue weighted by Crippen LogP contribution is -2.39. The molecule has 2 aromatic carbocycles. The summed E-state index contributed by atoms with van der Waals surface area (Å²) in [5.41, 5.74) is 7.75. The minimum absolute atomic E-state index is 0.0336. The summed E-state index contributed by atoms with van der Waals surface area (Å²) in [6, 6.07) is 8.91. The van der Waals surface area contributed by atoms with E-state index in [9.17, 15) is 27.9 Å². The molecule has 0 bridgehead atoms. The van der Waals surface area contributed by atoms with Crippen LogP contribution in [0.5, 0.6) is 0 Å². The third-order valence-electron chi connectivity index (χ3n) is 6.77. The van der Waals surface area contributed by atoms with E-state index >= 15 is 0 Å². The van der Waals surface area contributed by atoms with Gasteiger partial charge in [0.1, 0.15) is 0 Å². The first kappa shape index (κ1) is 24.8. The van der Waals surface area contributed by atoms with Gasteiger partial charge in [0.2, 0.25) is 5.91 Å². The number of alkyl halides is 3. The zero-order valence-electron chi connectivity index (χ0n) is 19.2. The van der Waals surface area contributed by atoms with E-state index in [1.54, 1.807) is 11.0 Å². The first-order valence-electron chi connectivity index (χ1n) is 11.7. The van der Waals surface area contributed by atoms with Crippen LogP contribution in [0.1, 0.15) is 41.5 Å². The highest BCUT2D eigenvalue weighted by Crippen LogP contribution is 2.38. The monoisotopic (exact) mass is 490 g/mol. The van der Waals surface area contributed by atoms with E-state index < -0.39 is 29.8 Å². The number of fused-ring (bicyclic) bond motifs is 1. The molecule has 1 aliphatic carbocycles. The number of aliphatic hydroxyl groups is 1. The molecular formula is C25H29F3N4O3. The molecule has 1 saturated heterocycles. The molecule has 0 saturated carbocycles. The van der Waals surface area contributed by atoms with Crippen molar-refractivity contribution in [2.75, 3.05) is 23.3 Å². The van der Waals surface area contributed by atoms with Gasteiger partial charge in [-0.3, -0.25) is 4.79 Å². The van der Waals surface area contributed by atoms with Crippen LogP contribution in [0.2, 0.25) is 0 Å². The SMILES string of the molecule is NC(=O)C1CCN(c2cc(CNC(=O)Nc3cccc4c3CC(O)CC4)ccc2C(F)(F)F)CC1. The molecule has 35 heavy (non-hydrogen) atoms. The van der Waals surface area contributed by atoms with Crippen molar-refractivity contribution in [1.29, 1.82) is 0 Å². The largest absolute Gasteiger partial charge is 0.418 e. The average Bonchev–Trinajstić information content (AvgIpc) is 2.82. The van der Waals surface area contributed by atoms with Crippen LogP contribution in [0.3, 0.4) is 0 Å². The van der Waals surface area contributed by atoms with E-state index in [0.717, 1.165) is 23.6 Å². The Balaban J connectivity index is 1.45. The summed E-state index contributed by atoms with van der Waals surface area (Å²) in [4.78, 5) is 25.6. The van der Waals surface area contributed by atoms with Gasteiger partial charge in [0.25, 0.3) is 0 Å². The Labute approximate surface area is 201 Å². The lowest BCUT2D eigenvalue weighted by molar-refractivity contribution is -0.137. The zero-order valence-corrected chi connectivity index (χ0v) is 19.2. The quantitative estimate of drug-likeness (QED) is 0.514. The Kier molecular flexibility index (Phi) is 7.20. The third-order valence-corrected chi connectivity index (χ3v) is 6.77. The number of nitrogens with zero attached hydrogens (tertiary/aromatic N) is 1. The van der Waals surface area contributed by atoms with Crippen molar-refractivity contribution >= 4 is 23.3 Å². The number of amides is 3. The molecule has 2 aliphatic rings. The number of nitrogens with two attached hydrogens (primary N) is 1. The maximum absolute atomic E-state index is 13.7. The Bertz CT molecular complexity index is 1100. The highest BCUT2D eigenvalue weighted by molar-refractivity contribution is 5.90. The molecule has 3 amide bonds.